The maximum Gasteiger partial charge on any atom is 0.0423 e. The molecule has 3 N–H and O–H groups in total. The van der Waals surface area contributed by atoms with Crippen molar-refractivity contribution < 1.29 is 0 Å². The summed E-state index contributed by atoms with van der Waals surface area (Å²) in [6.45, 7) is 1.02. The summed E-state index contributed by atoms with van der Waals surface area (Å²) in [5.74, 6) is 0. The fraction of sp³-hybridized carbons (Fsp3) is 0.471. The fourth-order valence-electron chi connectivity index (χ4n) is 3.27. The van der Waals surface area contributed by atoms with Gasteiger partial charge in [0.1, 0.15) is 0 Å². The Kier molecular flexibility index (Phi) is 4.24. The van der Waals surface area contributed by atoms with E-state index in [1.807, 2.05) is 36.3 Å². The molecule has 1 heterocycles. The van der Waals surface area contributed by atoms with Crippen molar-refractivity contribution in [3.05, 3.63) is 30.6 Å². The van der Waals surface area contributed by atoms with Crippen molar-refractivity contribution in [2.24, 2.45) is 0 Å². The van der Waals surface area contributed by atoms with E-state index in [1.54, 1.807) is 0 Å². The summed E-state index contributed by atoms with van der Waals surface area (Å²) in [4.78, 5) is 4.18. The highest BCUT2D eigenvalue weighted by molar-refractivity contribution is 8.00. The molecule has 4 heteroatoms. The standard InChI is InChI=1S/C17H23N3S/c1-21-17(8-3-2-4-9-17)12-20-16-6-5-15(18)14-11-19-10-7-13(14)16/h5-7,10-11,20H,2-4,8-9,12,18H2,1H3. The van der Waals surface area contributed by atoms with Gasteiger partial charge in [-0.1, -0.05) is 19.3 Å². The molecule has 0 bridgehead atoms. The van der Waals surface area contributed by atoms with E-state index in [9.17, 15) is 0 Å². The van der Waals surface area contributed by atoms with Crippen LogP contribution in [0.25, 0.3) is 10.8 Å². The molecule has 0 unspecified atom stereocenters. The average molecular weight is 301 g/mol. The second-order valence-corrected chi connectivity index (χ2v) is 7.20. The normalized spacial score (nSPS) is 17.8. The van der Waals surface area contributed by atoms with Crippen LogP contribution in [0.2, 0.25) is 0 Å². The first kappa shape index (κ1) is 14.5. The van der Waals surface area contributed by atoms with Gasteiger partial charge in [0.25, 0.3) is 0 Å². The van der Waals surface area contributed by atoms with Crippen LogP contribution >= 0.6 is 11.8 Å². The molecule has 0 radical (unpaired) electrons. The van der Waals surface area contributed by atoms with Gasteiger partial charge in [-0.2, -0.15) is 11.8 Å². The van der Waals surface area contributed by atoms with Gasteiger partial charge in [-0.3, -0.25) is 4.98 Å². The molecule has 1 aliphatic rings. The lowest BCUT2D eigenvalue weighted by molar-refractivity contribution is 0.411. The number of thioether (sulfide) groups is 1. The maximum absolute atomic E-state index is 6.04. The fourth-order valence-corrected chi connectivity index (χ4v) is 4.19. The van der Waals surface area contributed by atoms with Crippen LogP contribution in [-0.2, 0) is 0 Å². The van der Waals surface area contributed by atoms with Crippen LogP contribution in [0.1, 0.15) is 32.1 Å². The first-order chi connectivity index (χ1) is 10.2. The van der Waals surface area contributed by atoms with Crippen LogP contribution in [0.4, 0.5) is 11.4 Å². The quantitative estimate of drug-likeness (QED) is 0.827. The van der Waals surface area contributed by atoms with Gasteiger partial charge in [-0.15, -0.1) is 0 Å². The van der Waals surface area contributed by atoms with Gasteiger partial charge < -0.3 is 11.1 Å². The van der Waals surface area contributed by atoms with Gasteiger partial charge in [0, 0.05) is 45.8 Å². The van der Waals surface area contributed by atoms with Gasteiger partial charge in [0.05, 0.1) is 0 Å². The molecule has 3 nitrogen and oxygen atoms in total. The average Bonchev–Trinajstić information content (AvgIpc) is 2.55. The van der Waals surface area contributed by atoms with Crippen LogP contribution in [0, 0.1) is 0 Å². The molecular weight excluding hydrogens is 278 g/mol. The van der Waals surface area contributed by atoms with Crippen molar-refractivity contribution in [2.75, 3.05) is 23.9 Å². The first-order valence-corrected chi connectivity index (χ1v) is 8.88. The van der Waals surface area contributed by atoms with Gasteiger partial charge in [0.15, 0.2) is 0 Å². The van der Waals surface area contributed by atoms with Gasteiger partial charge in [-0.05, 0) is 37.3 Å². The van der Waals surface area contributed by atoms with Gasteiger partial charge in [-0.25, -0.2) is 0 Å². The third-order valence-electron chi connectivity index (χ3n) is 4.65. The summed E-state index contributed by atoms with van der Waals surface area (Å²) < 4.78 is 0.388. The van der Waals surface area contributed by atoms with E-state index >= 15 is 0 Å². The van der Waals surface area contributed by atoms with Crippen LogP contribution in [0.15, 0.2) is 30.6 Å². The number of aromatic nitrogens is 1. The minimum Gasteiger partial charge on any atom is -0.398 e. The van der Waals surface area contributed by atoms with Crippen LogP contribution < -0.4 is 11.1 Å². The topological polar surface area (TPSA) is 50.9 Å². The Bertz CT molecular complexity index is 620. The summed E-state index contributed by atoms with van der Waals surface area (Å²) in [5.41, 5.74) is 8.00. The number of hydrogen-bond acceptors (Lipinski definition) is 4. The molecule has 2 aromatic rings. The van der Waals surface area contributed by atoms with Crippen molar-refractivity contribution in [3.63, 3.8) is 0 Å². The third-order valence-corrected chi connectivity index (χ3v) is 6.07. The second kappa shape index (κ2) is 6.14. The van der Waals surface area contributed by atoms with Crippen molar-refractivity contribution >= 4 is 33.9 Å². The Morgan fingerprint density at radius 1 is 1.19 bits per heavy atom. The van der Waals surface area contributed by atoms with Gasteiger partial charge in [0.2, 0.25) is 0 Å². The zero-order chi connectivity index (χ0) is 14.7. The molecule has 0 atom stereocenters. The summed E-state index contributed by atoms with van der Waals surface area (Å²) >= 11 is 2.02. The van der Waals surface area contributed by atoms with Gasteiger partial charge >= 0.3 is 0 Å². The van der Waals surface area contributed by atoms with Crippen molar-refractivity contribution in [2.45, 2.75) is 36.9 Å². The van der Waals surface area contributed by atoms with E-state index < -0.39 is 0 Å². The summed E-state index contributed by atoms with van der Waals surface area (Å²) in [6.07, 6.45) is 12.7. The number of rotatable bonds is 4. The first-order valence-electron chi connectivity index (χ1n) is 7.65. The Morgan fingerprint density at radius 3 is 2.76 bits per heavy atom. The molecule has 0 saturated heterocycles. The molecule has 112 valence electrons. The lowest BCUT2D eigenvalue weighted by Gasteiger charge is -2.36. The van der Waals surface area contributed by atoms with Crippen molar-refractivity contribution in [3.8, 4) is 0 Å². The number of nitrogens with one attached hydrogen (secondary N) is 1. The van der Waals surface area contributed by atoms with Crippen LogP contribution in [0.3, 0.4) is 0 Å². The summed E-state index contributed by atoms with van der Waals surface area (Å²) in [6, 6.07) is 6.11. The Morgan fingerprint density at radius 2 is 2.00 bits per heavy atom. The number of nitrogens with zero attached hydrogens (tertiary/aromatic N) is 1. The molecule has 0 spiro atoms. The number of nitrogen functional groups attached to an aromatic ring is 1. The number of pyridine rings is 1. The number of hydrogen-bond donors (Lipinski definition) is 2. The monoisotopic (exact) mass is 301 g/mol. The largest absolute Gasteiger partial charge is 0.398 e. The highest BCUT2D eigenvalue weighted by Crippen LogP contribution is 2.39. The van der Waals surface area contributed by atoms with Crippen molar-refractivity contribution in [1.29, 1.82) is 0 Å². The third kappa shape index (κ3) is 2.95. The lowest BCUT2D eigenvalue weighted by Crippen LogP contribution is -2.35. The highest BCUT2D eigenvalue weighted by atomic mass is 32.2. The Balaban J connectivity index is 1.83. The molecule has 0 aliphatic heterocycles. The number of anilines is 2. The summed E-state index contributed by atoms with van der Waals surface area (Å²) in [7, 11) is 0. The molecule has 21 heavy (non-hydrogen) atoms. The van der Waals surface area contributed by atoms with Crippen LogP contribution in [0.5, 0.6) is 0 Å². The molecule has 1 aromatic heterocycles. The minimum atomic E-state index is 0.388. The highest BCUT2D eigenvalue weighted by Gasteiger charge is 2.30. The smallest absolute Gasteiger partial charge is 0.0423 e. The van der Waals surface area contributed by atoms with Crippen LogP contribution in [-0.4, -0.2) is 22.5 Å². The van der Waals surface area contributed by atoms with Crippen molar-refractivity contribution in [1.82, 2.24) is 4.98 Å². The molecular formula is C17H23N3S. The number of fused-ring (bicyclic) bond motifs is 1. The van der Waals surface area contributed by atoms with E-state index in [0.29, 0.717) is 4.75 Å². The molecule has 1 aromatic carbocycles. The predicted molar refractivity (Wildman–Crippen MR) is 94.0 cm³/mol. The number of benzene rings is 1. The lowest BCUT2D eigenvalue weighted by atomic mass is 9.88. The summed E-state index contributed by atoms with van der Waals surface area (Å²) in [5, 5.41) is 5.87. The number of nitrogens with two attached hydrogens (primary N) is 1. The molecule has 3 rings (SSSR count). The van der Waals surface area contributed by atoms with E-state index in [0.717, 1.165) is 23.0 Å². The maximum atomic E-state index is 6.04. The Hall–Kier alpha value is -1.42. The minimum absolute atomic E-state index is 0.388. The predicted octanol–water partition coefficient (Wildman–Crippen LogP) is 4.29. The van der Waals surface area contributed by atoms with E-state index in [2.05, 4.69) is 22.6 Å². The second-order valence-electron chi connectivity index (χ2n) is 5.92. The van der Waals surface area contributed by atoms with E-state index in [-0.39, 0.29) is 0 Å². The molecule has 1 aliphatic carbocycles. The van der Waals surface area contributed by atoms with E-state index in [4.69, 9.17) is 5.73 Å². The zero-order valence-corrected chi connectivity index (χ0v) is 13.4. The molecule has 1 fully saturated rings. The Labute approximate surface area is 130 Å². The molecule has 1 saturated carbocycles. The molecule has 0 amide bonds. The zero-order valence-electron chi connectivity index (χ0n) is 12.6. The van der Waals surface area contributed by atoms with E-state index in [1.165, 1.54) is 37.8 Å². The SMILES string of the molecule is CSC1(CNc2ccc(N)c3cnccc23)CCCCC1.